The molecule has 0 unspecified atom stereocenters. The van der Waals surface area contributed by atoms with Crippen molar-refractivity contribution in [2.45, 2.75) is 19.4 Å². The van der Waals surface area contributed by atoms with Gasteiger partial charge in [0.1, 0.15) is 11.3 Å². The fourth-order valence-electron chi connectivity index (χ4n) is 2.58. The number of aliphatic hydroxyl groups excluding tert-OH is 1. The first kappa shape index (κ1) is 17.6. The van der Waals surface area contributed by atoms with Crippen molar-refractivity contribution in [1.29, 1.82) is 0 Å². The molecular formula is C19H20N4O3. The van der Waals surface area contributed by atoms with Gasteiger partial charge in [0.25, 0.3) is 11.8 Å². The van der Waals surface area contributed by atoms with Gasteiger partial charge in [-0.1, -0.05) is 19.1 Å². The lowest BCUT2D eigenvalue weighted by atomic mass is 10.1. The molecule has 0 saturated heterocycles. The Hall–Kier alpha value is -3.19. The van der Waals surface area contributed by atoms with E-state index in [1.165, 1.54) is 6.20 Å². The van der Waals surface area contributed by atoms with Gasteiger partial charge in [0.15, 0.2) is 0 Å². The zero-order valence-corrected chi connectivity index (χ0v) is 14.3. The molecule has 1 aromatic carbocycles. The average Bonchev–Trinajstić information content (AvgIpc) is 3.10. The highest BCUT2D eigenvalue weighted by molar-refractivity contribution is 6.04. The van der Waals surface area contributed by atoms with E-state index >= 15 is 0 Å². The van der Waals surface area contributed by atoms with Gasteiger partial charge >= 0.3 is 0 Å². The van der Waals surface area contributed by atoms with Crippen LogP contribution in [0.2, 0.25) is 0 Å². The number of aliphatic hydroxyl groups is 1. The molecule has 3 aromatic rings. The summed E-state index contributed by atoms with van der Waals surface area (Å²) in [6.07, 6.45) is 3.90. The van der Waals surface area contributed by atoms with E-state index in [9.17, 15) is 14.7 Å². The Kier molecular flexibility index (Phi) is 5.28. The van der Waals surface area contributed by atoms with Crippen molar-refractivity contribution in [3.05, 3.63) is 66.1 Å². The third-order valence-corrected chi connectivity index (χ3v) is 4.08. The zero-order chi connectivity index (χ0) is 18.5. The second-order valence-corrected chi connectivity index (χ2v) is 5.87. The maximum Gasteiger partial charge on any atom is 0.274 e. The molecule has 0 saturated carbocycles. The number of amides is 2. The van der Waals surface area contributed by atoms with Crippen LogP contribution in [0.25, 0.3) is 5.65 Å². The van der Waals surface area contributed by atoms with Gasteiger partial charge in [-0.2, -0.15) is 0 Å². The van der Waals surface area contributed by atoms with Crippen LogP contribution in [0.4, 0.5) is 5.69 Å². The molecule has 0 aliphatic rings. The lowest BCUT2D eigenvalue weighted by molar-refractivity contribution is 0.0914. The standard InChI is InChI=1S/C19H20N4O3/c1-2-14(12-24)21-18(25)13-6-5-7-15(10-13)22-19(26)16-11-20-17-8-3-4-9-23(16)17/h3-11,14,24H,2,12H2,1H3,(H,21,25)(H,22,26)/t14-/m0/s1. The number of pyridine rings is 1. The predicted octanol–water partition coefficient (Wildman–Crippen LogP) is 2.09. The number of anilines is 1. The minimum Gasteiger partial charge on any atom is -0.394 e. The second kappa shape index (κ2) is 7.79. The van der Waals surface area contributed by atoms with Gasteiger partial charge in [-0.25, -0.2) is 4.98 Å². The Morgan fingerprint density at radius 2 is 2.04 bits per heavy atom. The highest BCUT2D eigenvalue weighted by atomic mass is 16.3. The Labute approximate surface area is 150 Å². The van der Waals surface area contributed by atoms with Gasteiger partial charge in [-0.15, -0.1) is 0 Å². The van der Waals surface area contributed by atoms with E-state index in [-0.39, 0.29) is 24.5 Å². The monoisotopic (exact) mass is 352 g/mol. The number of hydrogen-bond donors (Lipinski definition) is 3. The fraction of sp³-hybridized carbons (Fsp3) is 0.211. The molecule has 2 aromatic heterocycles. The molecule has 2 amide bonds. The van der Waals surface area contributed by atoms with Crippen LogP contribution in [-0.4, -0.2) is 39.0 Å². The van der Waals surface area contributed by atoms with Crippen molar-refractivity contribution in [2.75, 3.05) is 11.9 Å². The van der Waals surface area contributed by atoms with Crippen LogP contribution >= 0.6 is 0 Å². The maximum absolute atomic E-state index is 12.5. The van der Waals surface area contributed by atoms with Crippen LogP contribution in [0, 0.1) is 0 Å². The molecule has 3 N–H and O–H groups in total. The number of hydrogen-bond acceptors (Lipinski definition) is 4. The molecule has 0 radical (unpaired) electrons. The fourth-order valence-corrected chi connectivity index (χ4v) is 2.58. The Morgan fingerprint density at radius 1 is 1.19 bits per heavy atom. The number of rotatable bonds is 6. The number of imidazole rings is 1. The van der Waals surface area contributed by atoms with E-state index in [2.05, 4.69) is 15.6 Å². The first-order chi connectivity index (χ1) is 12.6. The number of aromatic nitrogens is 2. The summed E-state index contributed by atoms with van der Waals surface area (Å²) in [7, 11) is 0. The molecule has 3 rings (SSSR count). The first-order valence-corrected chi connectivity index (χ1v) is 8.37. The van der Waals surface area contributed by atoms with Gasteiger partial charge in [0, 0.05) is 17.4 Å². The normalized spacial score (nSPS) is 11.9. The van der Waals surface area contributed by atoms with Gasteiger partial charge in [0.05, 0.1) is 18.8 Å². The molecule has 0 bridgehead atoms. The van der Waals surface area contributed by atoms with E-state index in [1.54, 1.807) is 34.9 Å². The minimum absolute atomic E-state index is 0.118. The van der Waals surface area contributed by atoms with Crippen LogP contribution in [0.15, 0.2) is 54.9 Å². The Bertz CT molecular complexity index is 931. The largest absolute Gasteiger partial charge is 0.394 e. The smallest absolute Gasteiger partial charge is 0.274 e. The van der Waals surface area contributed by atoms with E-state index in [1.807, 2.05) is 25.1 Å². The molecule has 2 heterocycles. The van der Waals surface area contributed by atoms with Gasteiger partial charge < -0.3 is 15.7 Å². The van der Waals surface area contributed by atoms with Gasteiger partial charge in [0.2, 0.25) is 0 Å². The van der Waals surface area contributed by atoms with Crippen molar-refractivity contribution < 1.29 is 14.7 Å². The number of nitrogens with zero attached hydrogens (tertiary/aromatic N) is 2. The van der Waals surface area contributed by atoms with Crippen LogP contribution in [0.5, 0.6) is 0 Å². The van der Waals surface area contributed by atoms with Gasteiger partial charge in [-0.05, 0) is 36.8 Å². The topological polar surface area (TPSA) is 95.7 Å². The zero-order valence-electron chi connectivity index (χ0n) is 14.3. The molecule has 0 aliphatic carbocycles. The molecule has 7 nitrogen and oxygen atoms in total. The lowest BCUT2D eigenvalue weighted by Gasteiger charge is -2.14. The third kappa shape index (κ3) is 3.73. The van der Waals surface area contributed by atoms with Crippen molar-refractivity contribution in [3.63, 3.8) is 0 Å². The molecule has 134 valence electrons. The number of carbonyl (C=O) groups excluding carboxylic acids is 2. The summed E-state index contributed by atoms with van der Waals surface area (Å²) >= 11 is 0. The van der Waals surface area contributed by atoms with E-state index in [0.717, 1.165) is 0 Å². The van der Waals surface area contributed by atoms with Crippen LogP contribution < -0.4 is 10.6 Å². The number of fused-ring (bicyclic) bond motifs is 1. The first-order valence-electron chi connectivity index (χ1n) is 8.37. The van der Waals surface area contributed by atoms with E-state index < -0.39 is 0 Å². The summed E-state index contributed by atoms with van der Waals surface area (Å²) in [4.78, 5) is 29.0. The SMILES string of the molecule is CC[C@@H](CO)NC(=O)c1cccc(NC(=O)c2cnc3ccccn23)c1. The lowest BCUT2D eigenvalue weighted by Crippen LogP contribution is -2.36. The number of nitrogens with one attached hydrogen (secondary N) is 2. The number of carbonyl (C=O) groups is 2. The molecule has 7 heteroatoms. The average molecular weight is 352 g/mol. The summed E-state index contributed by atoms with van der Waals surface area (Å²) in [5, 5.41) is 14.7. The number of benzene rings is 1. The minimum atomic E-state index is -0.317. The molecular weight excluding hydrogens is 332 g/mol. The van der Waals surface area contributed by atoms with Crippen LogP contribution in [0.3, 0.4) is 0 Å². The summed E-state index contributed by atoms with van der Waals surface area (Å²) in [5.41, 5.74) is 2.00. The second-order valence-electron chi connectivity index (χ2n) is 5.87. The van der Waals surface area contributed by atoms with Crippen molar-refractivity contribution in [3.8, 4) is 0 Å². The van der Waals surface area contributed by atoms with Crippen molar-refractivity contribution in [2.24, 2.45) is 0 Å². The van der Waals surface area contributed by atoms with Crippen LogP contribution in [-0.2, 0) is 0 Å². The highest BCUT2D eigenvalue weighted by Gasteiger charge is 2.14. The maximum atomic E-state index is 12.5. The Morgan fingerprint density at radius 3 is 2.81 bits per heavy atom. The molecule has 0 aliphatic heterocycles. The quantitative estimate of drug-likeness (QED) is 0.633. The molecule has 1 atom stereocenters. The molecule has 0 fully saturated rings. The summed E-state index contributed by atoms with van der Waals surface area (Å²) in [6.45, 7) is 1.76. The van der Waals surface area contributed by atoms with Crippen molar-refractivity contribution in [1.82, 2.24) is 14.7 Å². The molecule has 0 spiro atoms. The highest BCUT2D eigenvalue weighted by Crippen LogP contribution is 2.14. The summed E-state index contributed by atoms with van der Waals surface area (Å²) in [5.74, 6) is -0.611. The van der Waals surface area contributed by atoms with Crippen LogP contribution in [0.1, 0.15) is 34.2 Å². The van der Waals surface area contributed by atoms with E-state index in [0.29, 0.717) is 29.0 Å². The van der Waals surface area contributed by atoms with Crippen molar-refractivity contribution >= 4 is 23.1 Å². The summed E-state index contributed by atoms with van der Waals surface area (Å²) < 4.78 is 1.69. The molecule has 26 heavy (non-hydrogen) atoms. The van der Waals surface area contributed by atoms with Gasteiger partial charge in [-0.3, -0.25) is 14.0 Å². The Balaban J connectivity index is 1.76. The third-order valence-electron chi connectivity index (χ3n) is 4.08. The van der Waals surface area contributed by atoms with E-state index in [4.69, 9.17) is 0 Å². The predicted molar refractivity (Wildman–Crippen MR) is 98.2 cm³/mol. The summed E-state index contributed by atoms with van der Waals surface area (Å²) in [6, 6.07) is 11.8.